The van der Waals surface area contributed by atoms with E-state index in [1.54, 1.807) is 0 Å². The van der Waals surface area contributed by atoms with Crippen LogP contribution in [0.25, 0.3) is 11.1 Å². The van der Waals surface area contributed by atoms with E-state index in [1.807, 2.05) is 64.2 Å². The number of hydrogen-bond donors (Lipinski definition) is 0. The first kappa shape index (κ1) is 14.3. The van der Waals surface area contributed by atoms with Gasteiger partial charge in [0.15, 0.2) is 0 Å². The van der Waals surface area contributed by atoms with Crippen LogP contribution in [0.5, 0.6) is 0 Å². The molecule has 1 aliphatic rings. The Bertz CT molecular complexity index is 624. The van der Waals surface area contributed by atoms with Gasteiger partial charge in [0.2, 0.25) is 0 Å². The lowest BCUT2D eigenvalue weighted by Gasteiger charge is -2.32. The summed E-state index contributed by atoms with van der Waals surface area (Å²) in [6, 6.07) is 14.3. The topological polar surface area (TPSA) is 31.4 Å². The highest BCUT2D eigenvalue weighted by atomic mass is 16.7. The van der Waals surface area contributed by atoms with Gasteiger partial charge in [-0.2, -0.15) is 0 Å². The first-order chi connectivity index (χ1) is 9.89. The van der Waals surface area contributed by atoms with Gasteiger partial charge in [0, 0.05) is 6.20 Å². The molecule has 3 nitrogen and oxygen atoms in total. The molecule has 0 unspecified atom stereocenters. The molecule has 0 amide bonds. The van der Waals surface area contributed by atoms with E-state index in [9.17, 15) is 0 Å². The highest BCUT2D eigenvalue weighted by Crippen LogP contribution is 2.36. The van der Waals surface area contributed by atoms with Gasteiger partial charge in [-0.05, 0) is 51.0 Å². The van der Waals surface area contributed by atoms with Crippen LogP contribution in [0.2, 0.25) is 0 Å². The van der Waals surface area contributed by atoms with Crippen molar-refractivity contribution < 1.29 is 9.31 Å². The fraction of sp³-hybridized carbons (Fsp3) is 0.353. The predicted molar refractivity (Wildman–Crippen MR) is 85.4 cm³/mol. The van der Waals surface area contributed by atoms with Gasteiger partial charge in [-0.3, -0.25) is 4.98 Å². The van der Waals surface area contributed by atoms with Crippen molar-refractivity contribution in [2.24, 2.45) is 0 Å². The molecule has 0 bridgehead atoms. The van der Waals surface area contributed by atoms with Crippen LogP contribution in [-0.4, -0.2) is 23.3 Å². The van der Waals surface area contributed by atoms with E-state index in [2.05, 4.69) is 17.1 Å². The zero-order valence-corrected chi connectivity index (χ0v) is 13.0. The fourth-order valence-corrected chi connectivity index (χ4v) is 2.35. The largest absolute Gasteiger partial charge is 0.514 e. The minimum Gasteiger partial charge on any atom is -0.398 e. The van der Waals surface area contributed by atoms with Crippen molar-refractivity contribution in [2.75, 3.05) is 0 Å². The predicted octanol–water partition coefficient (Wildman–Crippen LogP) is 3.05. The summed E-state index contributed by atoms with van der Waals surface area (Å²) in [6.45, 7) is 8.20. The maximum atomic E-state index is 6.06. The summed E-state index contributed by atoms with van der Waals surface area (Å²) in [6.07, 6.45) is 1.81. The Hall–Kier alpha value is -1.65. The molecule has 1 aromatic heterocycles. The zero-order chi connectivity index (χ0) is 15.1. The molecule has 0 N–H and O–H groups in total. The lowest BCUT2D eigenvalue weighted by Crippen LogP contribution is -2.41. The summed E-state index contributed by atoms with van der Waals surface area (Å²) in [7, 11) is -0.418. The number of rotatable bonds is 2. The van der Waals surface area contributed by atoms with E-state index < -0.39 is 7.12 Å². The van der Waals surface area contributed by atoms with Crippen LogP contribution in [0.4, 0.5) is 0 Å². The molecule has 1 saturated heterocycles. The first-order valence-electron chi connectivity index (χ1n) is 7.26. The third kappa shape index (κ3) is 2.61. The van der Waals surface area contributed by atoms with Gasteiger partial charge in [-0.15, -0.1) is 0 Å². The molecular formula is C17H20BNO2. The third-order valence-corrected chi connectivity index (χ3v) is 4.38. The molecule has 0 saturated carbocycles. The van der Waals surface area contributed by atoms with Crippen molar-refractivity contribution in [1.82, 2.24) is 4.98 Å². The molecule has 0 radical (unpaired) electrons. The van der Waals surface area contributed by atoms with E-state index in [1.165, 1.54) is 0 Å². The number of nitrogens with zero attached hydrogens (tertiary/aromatic N) is 1. The SMILES string of the molecule is CC1(C)OB(c2cc(-c3ccccc3)ccn2)OC1(C)C. The maximum absolute atomic E-state index is 6.06. The number of aromatic nitrogens is 1. The molecule has 2 aromatic rings. The first-order valence-corrected chi connectivity index (χ1v) is 7.26. The van der Waals surface area contributed by atoms with Gasteiger partial charge in [0.05, 0.1) is 16.8 Å². The Kier molecular flexibility index (Phi) is 3.38. The second-order valence-corrected chi connectivity index (χ2v) is 6.42. The van der Waals surface area contributed by atoms with Crippen molar-refractivity contribution in [3.05, 3.63) is 48.7 Å². The highest BCUT2D eigenvalue weighted by Gasteiger charge is 2.52. The average Bonchev–Trinajstić information content (AvgIpc) is 2.69. The normalized spacial score (nSPS) is 19.7. The second kappa shape index (κ2) is 4.97. The summed E-state index contributed by atoms with van der Waals surface area (Å²) in [4.78, 5) is 4.43. The van der Waals surface area contributed by atoms with Gasteiger partial charge in [0.25, 0.3) is 0 Å². The van der Waals surface area contributed by atoms with Crippen LogP contribution >= 0.6 is 0 Å². The van der Waals surface area contributed by atoms with Crippen molar-refractivity contribution >= 4 is 12.7 Å². The Morgan fingerprint density at radius 2 is 1.48 bits per heavy atom. The smallest absolute Gasteiger partial charge is 0.398 e. The lowest BCUT2D eigenvalue weighted by molar-refractivity contribution is 0.00578. The van der Waals surface area contributed by atoms with Gasteiger partial charge in [-0.25, -0.2) is 0 Å². The Morgan fingerprint density at radius 3 is 2.10 bits per heavy atom. The van der Waals surface area contributed by atoms with E-state index >= 15 is 0 Å². The quantitative estimate of drug-likeness (QED) is 0.793. The molecule has 0 aliphatic carbocycles. The molecule has 1 fully saturated rings. The summed E-state index contributed by atoms with van der Waals surface area (Å²) in [5, 5.41) is 0. The van der Waals surface area contributed by atoms with Crippen LogP contribution in [0.15, 0.2) is 48.7 Å². The van der Waals surface area contributed by atoms with Crippen LogP contribution in [0, 0.1) is 0 Å². The van der Waals surface area contributed by atoms with Crippen LogP contribution in [0.3, 0.4) is 0 Å². The summed E-state index contributed by atoms with van der Waals surface area (Å²) in [5.74, 6) is 0. The summed E-state index contributed by atoms with van der Waals surface area (Å²) >= 11 is 0. The van der Waals surface area contributed by atoms with Crippen molar-refractivity contribution in [3.63, 3.8) is 0 Å². The van der Waals surface area contributed by atoms with Gasteiger partial charge >= 0.3 is 7.12 Å². The second-order valence-electron chi connectivity index (χ2n) is 6.42. The average molecular weight is 281 g/mol. The van der Waals surface area contributed by atoms with Crippen LogP contribution in [0.1, 0.15) is 27.7 Å². The van der Waals surface area contributed by atoms with Gasteiger partial charge < -0.3 is 9.31 Å². The van der Waals surface area contributed by atoms with Crippen molar-refractivity contribution in [3.8, 4) is 11.1 Å². The standard InChI is InChI=1S/C17H20BNO2/c1-16(2)17(3,4)21-18(20-16)15-12-14(10-11-19-15)13-8-6-5-7-9-13/h5-12H,1-4H3. The molecule has 1 aliphatic heterocycles. The lowest BCUT2D eigenvalue weighted by atomic mass is 9.83. The molecule has 4 heteroatoms. The Balaban J connectivity index is 1.92. The molecule has 0 atom stereocenters. The summed E-state index contributed by atoms with van der Waals surface area (Å²) in [5.41, 5.74) is 2.41. The number of hydrogen-bond acceptors (Lipinski definition) is 3. The fourth-order valence-electron chi connectivity index (χ4n) is 2.35. The molecule has 21 heavy (non-hydrogen) atoms. The minimum atomic E-state index is -0.418. The van der Waals surface area contributed by atoms with Crippen molar-refractivity contribution in [2.45, 2.75) is 38.9 Å². The van der Waals surface area contributed by atoms with E-state index in [0.29, 0.717) is 0 Å². The third-order valence-electron chi connectivity index (χ3n) is 4.38. The maximum Gasteiger partial charge on any atom is 0.514 e. The monoisotopic (exact) mass is 281 g/mol. The van der Waals surface area contributed by atoms with E-state index in [-0.39, 0.29) is 11.2 Å². The van der Waals surface area contributed by atoms with E-state index in [4.69, 9.17) is 9.31 Å². The molecule has 2 heterocycles. The molecule has 3 rings (SSSR count). The Morgan fingerprint density at radius 1 is 0.857 bits per heavy atom. The van der Waals surface area contributed by atoms with Crippen LogP contribution in [-0.2, 0) is 9.31 Å². The van der Waals surface area contributed by atoms with Gasteiger partial charge in [0.1, 0.15) is 0 Å². The minimum absolute atomic E-state index is 0.345. The Labute approximate surface area is 126 Å². The van der Waals surface area contributed by atoms with E-state index in [0.717, 1.165) is 16.7 Å². The van der Waals surface area contributed by atoms with Gasteiger partial charge in [-0.1, -0.05) is 30.3 Å². The summed E-state index contributed by atoms with van der Waals surface area (Å²) < 4.78 is 12.1. The number of benzene rings is 1. The molecule has 1 aromatic carbocycles. The molecule has 0 spiro atoms. The highest BCUT2D eigenvalue weighted by molar-refractivity contribution is 6.61. The zero-order valence-electron chi connectivity index (χ0n) is 13.0. The molecule has 108 valence electrons. The number of pyridine rings is 1. The van der Waals surface area contributed by atoms with Crippen molar-refractivity contribution in [1.29, 1.82) is 0 Å². The van der Waals surface area contributed by atoms with Crippen LogP contribution < -0.4 is 5.59 Å². The molecular weight excluding hydrogens is 261 g/mol.